The molecule has 6 heteroatoms. The van der Waals surface area contributed by atoms with Gasteiger partial charge in [-0.25, -0.2) is 0 Å². The lowest BCUT2D eigenvalue weighted by Crippen LogP contribution is -2.30. The van der Waals surface area contributed by atoms with E-state index in [-0.39, 0.29) is 31.1 Å². The molecule has 0 aliphatic heterocycles. The van der Waals surface area contributed by atoms with Crippen LogP contribution in [-0.2, 0) is 28.6 Å². The Labute approximate surface area is 385 Å². The van der Waals surface area contributed by atoms with E-state index in [0.29, 0.717) is 19.3 Å². The highest BCUT2D eigenvalue weighted by atomic mass is 16.6. The smallest absolute Gasteiger partial charge is 0.306 e. The molecule has 0 radical (unpaired) electrons. The molecule has 0 saturated heterocycles. The van der Waals surface area contributed by atoms with Crippen molar-refractivity contribution in [2.45, 2.75) is 303 Å². The molecule has 0 saturated carbocycles. The van der Waals surface area contributed by atoms with Crippen LogP contribution in [0.15, 0.2) is 24.3 Å². The number of hydrogen-bond donors (Lipinski definition) is 0. The summed E-state index contributed by atoms with van der Waals surface area (Å²) >= 11 is 0. The monoisotopic (exact) mass is 873 g/mol. The molecule has 0 spiro atoms. The molecule has 364 valence electrons. The molecule has 0 aliphatic carbocycles. The number of ether oxygens (including phenoxy) is 3. The SMILES string of the molecule is CCCCCCCCC/C=C\C=C/CCCCCC(=O)OC(COC(=O)CCCCCCCCCCCC)COC(=O)CCCCCCCCCCCCCCCCCCCC. The van der Waals surface area contributed by atoms with E-state index >= 15 is 0 Å². The second-order valence-corrected chi connectivity index (χ2v) is 18.5. The third-order valence-corrected chi connectivity index (χ3v) is 12.2. The van der Waals surface area contributed by atoms with Crippen LogP contribution in [0.2, 0.25) is 0 Å². The summed E-state index contributed by atoms with van der Waals surface area (Å²) in [6.07, 6.45) is 58.8. The van der Waals surface area contributed by atoms with Crippen molar-refractivity contribution in [1.82, 2.24) is 0 Å². The summed E-state index contributed by atoms with van der Waals surface area (Å²) in [5.74, 6) is -0.888. The zero-order valence-electron chi connectivity index (χ0n) is 41.7. The Kier molecular flexibility index (Phi) is 49.8. The van der Waals surface area contributed by atoms with Gasteiger partial charge in [0, 0.05) is 19.3 Å². The lowest BCUT2D eigenvalue weighted by atomic mass is 10.0. The second-order valence-electron chi connectivity index (χ2n) is 18.5. The summed E-state index contributed by atoms with van der Waals surface area (Å²) in [4.78, 5) is 38.0. The zero-order valence-corrected chi connectivity index (χ0v) is 41.7. The molecule has 0 amide bonds. The molecule has 62 heavy (non-hydrogen) atoms. The Morgan fingerprint density at radius 3 is 0.871 bits per heavy atom. The van der Waals surface area contributed by atoms with Crippen molar-refractivity contribution in [2.24, 2.45) is 0 Å². The van der Waals surface area contributed by atoms with Crippen molar-refractivity contribution in [3.63, 3.8) is 0 Å². The van der Waals surface area contributed by atoms with Gasteiger partial charge in [-0.1, -0.05) is 257 Å². The van der Waals surface area contributed by atoms with Crippen LogP contribution in [0.3, 0.4) is 0 Å². The summed E-state index contributed by atoms with van der Waals surface area (Å²) in [5, 5.41) is 0. The van der Waals surface area contributed by atoms with Gasteiger partial charge in [-0.2, -0.15) is 0 Å². The first kappa shape index (κ1) is 59.9. The minimum atomic E-state index is -0.779. The highest BCUT2D eigenvalue weighted by Crippen LogP contribution is 2.16. The Morgan fingerprint density at radius 1 is 0.323 bits per heavy atom. The van der Waals surface area contributed by atoms with Crippen molar-refractivity contribution < 1.29 is 28.6 Å². The van der Waals surface area contributed by atoms with Crippen LogP contribution >= 0.6 is 0 Å². The quantitative estimate of drug-likeness (QED) is 0.0262. The van der Waals surface area contributed by atoms with Gasteiger partial charge in [-0.3, -0.25) is 14.4 Å². The van der Waals surface area contributed by atoms with Gasteiger partial charge in [0.1, 0.15) is 13.2 Å². The van der Waals surface area contributed by atoms with Crippen LogP contribution in [0.4, 0.5) is 0 Å². The van der Waals surface area contributed by atoms with Crippen LogP contribution in [-0.4, -0.2) is 37.2 Å². The van der Waals surface area contributed by atoms with Crippen LogP contribution in [0.5, 0.6) is 0 Å². The minimum absolute atomic E-state index is 0.0770. The first-order valence-corrected chi connectivity index (χ1v) is 27.4. The molecular weight excluding hydrogens is 769 g/mol. The fourth-order valence-electron chi connectivity index (χ4n) is 8.08. The third-order valence-electron chi connectivity index (χ3n) is 12.2. The van der Waals surface area contributed by atoms with E-state index < -0.39 is 6.10 Å². The minimum Gasteiger partial charge on any atom is -0.462 e. The van der Waals surface area contributed by atoms with Gasteiger partial charge in [0.05, 0.1) is 0 Å². The summed E-state index contributed by atoms with van der Waals surface area (Å²) < 4.78 is 16.8. The van der Waals surface area contributed by atoms with Crippen molar-refractivity contribution in [3.05, 3.63) is 24.3 Å². The Hall–Kier alpha value is -2.11. The molecule has 0 heterocycles. The molecule has 0 fully saturated rings. The Morgan fingerprint density at radius 2 is 0.565 bits per heavy atom. The van der Waals surface area contributed by atoms with E-state index in [1.165, 1.54) is 186 Å². The van der Waals surface area contributed by atoms with E-state index in [0.717, 1.165) is 70.6 Å². The molecule has 1 unspecified atom stereocenters. The normalized spacial score (nSPS) is 12.1. The molecule has 0 aromatic carbocycles. The summed E-state index contributed by atoms with van der Waals surface area (Å²) in [6, 6.07) is 0. The van der Waals surface area contributed by atoms with E-state index in [9.17, 15) is 14.4 Å². The summed E-state index contributed by atoms with van der Waals surface area (Å²) in [5.41, 5.74) is 0. The lowest BCUT2D eigenvalue weighted by Gasteiger charge is -2.18. The van der Waals surface area contributed by atoms with Crippen LogP contribution < -0.4 is 0 Å². The molecule has 1 atom stereocenters. The van der Waals surface area contributed by atoms with Crippen molar-refractivity contribution in [2.75, 3.05) is 13.2 Å². The topological polar surface area (TPSA) is 78.9 Å². The number of hydrogen-bond acceptors (Lipinski definition) is 6. The highest BCUT2D eigenvalue weighted by Gasteiger charge is 2.19. The van der Waals surface area contributed by atoms with E-state index in [1.807, 2.05) is 0 Å². The zero-order chi connectivity index (χ0) is 45.1. The maximum atomic E-state index is 12.8. The van der Waals surface area contributed by atoms with Gasteiger partial charge in [0.15, 0.2) is 6.10 Å². The fraction of sp³-hybridized carbons (Fsp3) is 0.875. The van der Waals surface area contributed by atoms with Crippen LogP contribution in [0, 0.1) is 0 Å². The van der Waals surface area contributed by atoms with Crippen LogP contribution in [0.25, 0.3) is 0 Å². The summed E-state index contributed by atoms with van der Waals surface area (Å²) in [6.45, 7) is 6.64. The number of carbonyl (C=O) groups excluding carboxylic acids is 3. The second kappa shape index (κ2) is 51.5. The standard InChI is InChI=1S/C56H104O6/c1-4-7-10-13-16-19-22-24-26-28-29-31-32-34-37-40-43-46-49-55(58)61-52-53(51-60-54(57)48-45-42-39-36-21-18-15-12-9-6-3)62-56(59)50-47-44-41-38-35-33-30-27-25-23-20-17-14-11-8-5-2/h27,30,33,35,53H,4-26,28-29,31-32,34,36-52H2,1-3H3/b30-27-,35-33-. The number of unbranched alkanes of at least 4 members (excludes halogenated alkanes) is 36. The summed E-state index contributed by atoms with van der Waals surface area (Å²) in [7, 11) is 0. The van der Waals surface area contributed by atoms with E-state index in [2.05, 4.69) is 45.1 Å². The molecule has 6 nitrogen and oxygen atoms in total. The molecule has 0 aliphatic rings. The van der Waals surface area contributed by atoms with Crippen LogP contribution in [0.1, 0.15) is 297 Å². The fourth-order valence-corrected chi connectivity index (χ4v) is 8.08. The average Bonchev–Trinajstić information content (AvgIpc) is 3.27. The van der Waals surface area contributed by atoms with Gasteiger partial charge in [0.25, 0.3) is 0 Å². The highest BCUT2D eigenvalue weighted by molar-refractivity contribution is 5.71. The van der Waals surface area contributed by atoms with Gasteiger partial charge in [-0.05, 0) is 44.9 Å². The number of rotatable bonds is 50. The average molecular weight is 873 g/mol. The van der Waals surface area contributed by atoms with E-state index in [1.54, 1.807) is 0 Å². The Balaban J connectivity index is 4.32. The largest absolute Gasteiger partial charge is 0.462 e. The first-order valence-electron chi connectivity index (χ1n) is 27.4. The van der Waals surface area contributed by atoms with Gasteiger partial charge in [-0.15, -0.1) is 0 Å². The molecule has 0 bridgehead atoms. The maximum Gasteiger partial charge on any atom is 0.306 e. The first-order chi connectivity index (χ1) is 30.5. The molecule has 0 aromatic rings. The van der Waals surface area contributed by atoms with Crippen molar-refractivity contribution in [1.29, 1.82) is 0 Å². The van der Waals surface area contributed by atoms with Crippen molar-refractivity contribution >= 4 is 17.9 Å². The van der Waals surface area contributed by atoms with Gasteiger partial charge >= 0.3 is 17.9 Å². The lowest BCUT2D eigenvalue weighted by molar-refractivity contribution is -0.167. The van der Waals surface area contributed by atoms with Gasteiger partial charge in [0.2, 0.25) is 0 Å². The molecule has 0 N–H and O–H groups in total. The predicted molar refractivity (Wildman–Crippen MR) is 266 cm³/mol. The molecule has 0 rings (SSSR count). The Bertz CT molecular complexity index is 1000. The molecule has 0 aromatic heterocycles. The number of esters is 3. The number of carbonyl (C=O) groups is 3. The van der Waals surface area contributed by atoms with E-state index in [4.69, 9.17) is 14.2 Å². The predicted octanol–water partition coefficient (Wildman–Crippen LogP) is 17.9. The molecular formula is C56H104O6. The maximum absolute atomic E-state index is 12.8. The van der Waals surface area contributed by atoms with Crippen molar-refractivity contribution in [3.8, 4) is 0 Å². The third kappa shape index (κ3) is 48.9. The van der Waals surface area contributed by atoms with Gasteiger partial charge < -0.3 is 14.2 Å². The number of allylic oxidation sites excluding steroid dienone is 4.